The highest BCUT2D eigenvalue weighted by Gasteiger charge is 2.22. The number of nitrogens with zero attached hydrogens (tertiary/aromatic N) is 1. The zero-order valence-electron chi connectivity index (χ0n) is 10.6. The normalized spacial score (nSPS) is 17.6. The quantitative estimate of drug-likeness (QED) is 0.657. The fraction of sp³-hybridized carbons (Fsp3) is 0.917. The smallest absolute Gasteiger partial charge is 0.239 e. The van der Waals surface area contributed by atoms with Gasteiger partial charge in [0.05, 0.1) is 12.6 Å². The summed E-state index contributed by atoms with van der Waals surface area (Å²) in [6, 6.07) is -0.395. The van der Waals surface area contributed by atoms with Gasteiger partial charge in [-0.05, 0) is 24.7 Å². The highest BCUT2D eigenvalue weighted by atomic mass is 16.5. The van der Waals surface area contributed by atoms with Crippen LogP contribution in [0.5, 0.6) is 0 Å². The van der Waals surface area contributed by atoms with E-state index in [-0.39, 0.29) is 11.8 Å². The van der Waals surface area contributed by atoms with Crippen molar-refractivity contribution in [3.8, 4) is 0 Å². The highest BCUT2D eigenvalue weighted by molar-refractivity contribution is 5.81. The number of amides is 1. The Balaban J connectivity index is 2.11. The van der Waals surface area contributed by atoms with Crippen molar-refractivity contribution in [1.82, 2.24) is 4.90 Å². The minimum Gasteiger partial charge on any atom is -0.379 e. The van der Waals surface area contributed by atoms with Gasteiger partial charge in [0.15, 0.2) is 0 Å². The summed E-state index contributed by atoms with van der Waals surface area (Å²) >= 11 is 0. The van der Waals surface area contributed by atoms with E-state index in [1.807, 2.05) is 13.8 Å². The second-order valence-corrected chi connectivity index (χ2v) is 5.05. The van der Waals surface area contributed by atoms with E-state index >= 15 is 0 Å². The van der Waals surface area contributed by atoms with Crippen LogP contribution in [0.15, 0.2) is 0 Å². The lowest BCUT2D eigenvalue weighted by atomic mass is 10.0. The Hall–Kier alpha value is -0.610. The van der Waals surface area contributed by atoms with Crippen LogP contribution in [-0.4, -0.2) is 43.7 Å². The Morgan fingerprint density at radius 1 is 1.50 bits per heavy atom. The molecule has 94 valence electrons. The van der Waals surface area contributed by atoms with E-state index < -0.39 is 6.04 Å². The van der Waals surface area contributed by atoms with Gasteiger partial charge >= 0.3 is 0 Å². The third-order valence-electron chi connectivity index (χ3n) is 3.00. The monoisotopic (exact) mass is 228 g/mol. The minimum absolute atomic E-state index is 0.00465. The Morgan fingerprint density at radius 3 is 2.62 bits per heavy atom. The number of carbonyl (C=O) groups excluding carboxylic acids is 1. The molecule has 4 heteroatoms. The van der Waals surface area contributed by atoms with Gasteiger partial charge in [-0.1, -0.05) is 13.8 Å². The van der Waals surface area contributed by atoms with Crippen molar-refractivity contribution in [2.45, 2.75) is 32.7 Å². The predicted octanol–water partition coefficient (Wildman–Crippen LogP) is 0.855. The van der Waals surface area contributed by atoms with Crippen molar-refractivity contribution >= 4 is 5.91 Å². The van der Waals surface area contributed by atoms with Gasteiger partial charge in [-0.3, -0.25) is 4.79 Å². The third-order valence-corrected chi connectivity index (χ3v) is 3.00. The summed E-state index contributed by atoms with van der Waals surface area (Å²) in [6.45, 7) is 6.01. The first-order valence-electron chi connectivity index (χ1n) is 6.10. The molecule has 0 aromatic heterocycles. The maximum Gasteiger partial charge on any atom is 0.239 e. The summed E-state index contributed by atoms with van der Waals surface area (Å²) in [7, 11) is 1.78. The number of ether oxygens (including phenoxy) is 1. The number of carbonyl (C=O) groups is 1. The van der Waals surface area contributed by atoms with Gasteiger partial charge in [0, 0.05) is 20.2 Å². The fourth-order valence-electron chi connectivity index (χ4n) is 1.39. The first-order valence-corrected chi connectivity index (χ1v) is 6.10. The molecule has 0 aromatic rings. The Morgan fingerprint density at radius 2 is 2.12 bits per heavy atom. The molecule has 1 fully saturated rings. The Labute approximate surface area is 98.1 Å². The van der Waals surface area contributed by atoms with Gasteiger partial charge in [-0.2, -0.15) is 0 Å². The third kappa shape index (κ3) is 4.49. The lowest BCUT2D eigenvalue weighted by Gasteiger charge is -2.23. The summed E-state index contributed by atoms with van der Waals surface area (Å²) in [5, 5.41) is 0. The molecular formula is C12H24N2O2. The molecule has 16 heavy (non-hydrogen) atoms. The lowest BCUT2D eigenvalue weighted by molar-refractivity contribution is -0.132. The van der Waals surface area contributed by atoms with Crippen molar-refractivity contribution in [2.75, 3.05) is 26.8 Å². The van der Waals surface area contributed by atoms with Gasteiger partial charge in [0.2, 0.25) is 5.91 Å². The molecule has 1 aliphatic rings. The summed E-state index contributed by atoms with van der Waals surface area (Å²) in [5.74, 6) is 0.964. The number of rotatable bonds is 7. The molecule has 2 N–H and O–H groups in total. The van der Waals surface area contributed by atoms with Crippen LogP contribution in [0.3, 0.4) is 0 Å². The zero-order valence-corrected chi connectivity index (χ0v) is 10.6. The maximum absolute atomic E-state index is 11.8. The fourth-order valence-corrected chi connectivity index (χ4v) is 1.39. The van der Waals surface area contributed by atoms with Crippen LogP contribution in [0.1, 0.15) is 26.7 Å². The number of hydrogen-bond donors (Lipinski definition) is 1. The van der Waals surface area contributed by atoms with E-state index in [0.717, 1.165) is 12.5 Å². The van der Waals surface area contributed by atoms with Crippen LogP contribution in [0, 0.1) is 11.8 Å². The largest absolute Gasteiger partial charge is 0.379 e. The summed E-state index contributed by atoms with van der Waals surface area (Å²) in [6.07, 6.45) is 2.60. The van der Waals surface area contributed by atoms with Crippen LogP contribution in [0.25, 0.3) is 0 Å². The lowest BCUT2D eigenvalue weighted by Crippen LogP contribution is -2.45. The van der Waals surface area contributed by atoms with Gasteiger partial charge in [-0.15, -0.1) is 0 Å². The van der Waals surface area contributed by atoms with Crippen LogP contribution in [-0.2, 0) is 9.53 Å². The SMILES string of the molecule is CC(C)[C@H](N)C(=O)N(C)CCOCC1CC1. The summed E-state index contributed by atoms with van der Waals surface area (Å²) in [4.78, 5) is 13.4. The van der Waals surface area contributed by atoms with Crippen molar-refractivity contribution in [1.29, 1.82) is 0 Å². The van der Waals surface area contributed by atoms with E-state index in [4.69, 9.17) is 10.5 Å². The van der Waals surface area contributed by atoms with Gasteiger partial charge in [0.25, 0.3) is 0 Å². The van der Waals surface area contributed by atoms with Crippen LogP contribution in [0.4, 0.5) is 0 Å². The van der Waals surface area contributed by atoms with Crippen molar-refractivity contribution in [2.24, 2.45) is 17.6 Å². The van der Waals surface area contributed by atoms with E-state index in [0.29, 0.717) is 13.2 Å². The molecule has 1 rings (SSSR count). The Kier molecular flexibility index (Phi) is 5.22. The van der Waals surface area contributed by atoms with Crippen molar-refractivity contribution < 1.29 is 9.53 Å². The molecule has 0 aliphatic heterocycles. The van der Waals surface area contributed by atoms with Crippen LogP contribution >= 0.6 is 0 Å². The minimum atomic E-state index is -0.395. The summed E-state index contributed by atoms with van der Waals surface area (Å²) in [5.41, 5.74) is 5.79. The average molecular weight is 228 g/mol. The zero-order chi connectivity index (χ0) is 12.1. The first kappa shape index (κ1) is 13.5. The van der Waals surface area contributed by atoms with Crippen LogP contribution in [0.2, 0.25) is 0 Å². The average Bonchev–Trinajstić information content (AvgIpc) is 3.05. The molecule has 1 atom stereocenters. The number of hydrogen-bond acceptors (Lipinski definition) is 3. The molecule has 0 aromatic carbocycles. The van der Waals surface area contributed by atoms with Gasteiger partial charge in [0.1, 0.15) is 0 Å². The van der Waals surface area contributed by atoms with Crippen LogP contribution < -0.4 is 5.73 Å². The number of nitrogens with two attached hydrogens (primary N) is 1. The first-order chi connectivity index (χ1) is 7.52. The second kappa shape index (κ2) is 6.21. The molecular weight excluding hydrogens is 204 g/mol. The predicted molar refractivity (Wildman–Crippen MR) is 64.0 cm³/mol. The molecule has 0 spiro atoms. The highest BCUT2D eigenvalue weighted by Crippen LogP contribution is 2.28. The topological polar surface area (TPSA) is 55.6 Å². The summed E-state index contributed by atoms with van der Waals surface area (Å²) < 4.78 is 5.48. The van der Waals surface area contributed by atoms with E-state index in [2.05, 4.69) is 0 Å². The van der Waals surface area contributed by atoms with E-state index in [1.165, 1.54) is 12.8 Å². The van der Waals surface area contributed by atoms with E-state index in [1.54, 1.807) is 11.9 Å². The standard InChI is InChI=1S/C12H24N2O2/c1-9(2)11(13)12(15)14(3)6-7-16-8-10-4-5-10/h9-11H,4-8,13H2,1-3H3/t11-/m0/s1. The van der Waals surface area contributed by atoms with E-state index in [9.17, 15) is 4.79 Å². The van der Waals surface area contributed by atoms with Gasteiger partial charge < -0.3 is 15.4 Å². The molecule has 0 bridgehead atoms. The van der Waals surface area contributed by atoms with Crippen molar-refractivity contribution in [3.05, 3.63) is 0 Å². The number of likely N-dealkylation sites (N-methyl/N-ethyl adjacent to an activating group) is 1. The van der Waals surface area contributed by atoms with Crippen molar-refractivity contribution in [3.63, 3.8) is 0 Å². The second-order valence-electron chi connectivity index (χ2n) is 5.05. The molecule has 1 saturated carbocycles. The maximum atomic E-state index is 11.8. The molecule has 1 aliphatic carbocycles. The molecule has 0 saturated heterocycles. The Bertz CT molecular complexity index is 227. The molecule has 0 radical (unpaired) electrons. The molecule has 4 nitrogen and oxygen atoms in total. The van der Waals surface area contributed by atoms with Gasteiger partial charge in [-0.25, -0.2) is 0 Å². The molecule has 1 amide bonds. The molecule has 0 unspecified atom stereocenters. The molecule has 0 heterocycles.